The third kappa shape index (κ3) is 4.36. The Hall–Kier alpha value is -2.41. The average Bonchev–Trinajstić information content (AvgIpc) is 3.08. The van der Waals surface area contributed by atoms with Crippen LogP contribution in [0.3, 0.4) is 0 Å². The van der Waals surface area contributed by atoms with Gasteiger partial charge in [-0.15, -0.1) is 0 Å². The van der Waals surface area contributed by atoms with Gasteiger partial charge in [0.05, 0.1) is 11.7 Å². The van der Waals surface area contributed by atoms with Crippen LogP contribution in [0.1, 0.15) is 18.9 Å². The minimum absolute atomic E-state index is 0.153. The molecule has 1 fully saturated rings. The van der Waals surface area contributed by atoms with Crippen LogP contribution in [0.15, 0.2) is 24.4 Å². The second-order valence-corrected chi connectivity index (χ2v) is 6.78. The monoisotopic (exact) mass is 343 g/mol. The van der Waals surface area contributed by atoms with Crippen molar-refractivity contribution in [2.45, 2.75) is 19.8 Å². The van der Waals surface area contributed by atoms with Crippen LogP contribution in [-0.2, 0) is 16.0 Å². The van der Waals surface area contributed by atoms with Gasteiger partial charge in [0.25, 0.3) is 0 Å². The van der Waals surface area contributed by atoms with Gasteiger partial charge >= 0.3 is 0 Å². The Labute approximate surface area is 147 Å². The van der Waals surface area contributed by atoms with Gasteiger partial charge in [0.1, 0.15) is 0 Å². The SMILES string of the molecule is CC(CN1CCN(C(=O)CCc2ccc3[nH]ncc3c2)CC1)C(N)=O. The van der Waals surface area contributed by atoms with Crippen LogP contribution in [-0.4, -0.2) is 64.5 Å². The number of carbonyl (C=O) groups is 2. The predicted molar refractivity (Wildman–Crippen MR) is 95.8 cm³/mol. The van der Waals surface area contributed by atoms with Crippen molar-refractivity contribution in [2.75, 3.05) is 32.7 Å². The van der Waals surface area contributed by atoms with E-state index in [-0.39, 0.29) is 17.7 Å². The molecule has 134 valence electrons. The van der Waals surface area contributed by atoms with Crippen LogP contribution in [0, 0.1) is 5.92 Å². The quantitative estimate of drug-likeness (QED) is 0.809. The van der Waals surface area contributed by atoms with Crippen molar-refractivity contribution in [3.8, 4) is 0 Å². The number of fused-ring (bicyclic) bond motifs is 1. The van der Waals surface area contributed by atoms with Gasteiger partial charge in [0.2, 0.25) is 11.8 Å². The number of piperazine rings is 1. The van der Waals surface area contributed by atoms with Crippen molar-refractivity contribution < 1.29 is 9.59 Å². The summed E-state index contributed by atoms with van der Waals surface area (Å²) in [5.41, 5.74) is 7.47. The van der Waals surface area contributed by atoms with Gasteiger partial charge in [-0.25, -0.2) is 0 Å². The first-order chi connectivity index (χ1) is 12.0. The van der Waals surface area contributed by atoms with Crippen LogP contribution >= 0.6 is 0 Å². The summed E-state index contributed by atoms with van der Waals surface area (Å²) >= 11 is 0. The molecule has 1 saturated heterocycles. The van der Waals surface area contributed by atoms with E-state index in [0.717, 1.165) is 36.0 Å². The Balaban J connectivity index is 1.45. The van der Waals surface area contributed by atoms with E-state index in [1.165, 1.54) is 0 Å². The van der Waals surface area contributed by atoms with Crippen molar-refractivity contribution >= 4 is 22.7 Å². The molecule has 1 unspecified atom stereocenters. The van der Waals surface area contributed by atoms with Gasteiger partial charge in [-0.05, 0) is 24.1 Å². The Morgan fingerprint density at radius 3 is 2.76 bits per heavy atom. The standard InChI is InChI=1S/C18H25N5O2/c1-13(18(19)25)12-22-6-8-23(9-7-22)17(24)5-3-14-2-4-16-15(10-14)11-20-21-16/h2,4,10-11,13H,3,5-9,12H2,1H3,(H2,19,25)(H,20,21). The molecule has 2 amide bonds. The van der Waals surface area contributed by atoms with Crippen LogP contribution < -0.4 is 5.73 Å². The Kier molecular flexibility index (Phi) is 5.33. The van der Waals surface area contributed by atoms with Gasteiger partial charge < -0.3 is 10.6 Å². The lowest BCUT2D eigenvalue weighted by molar-refractivity contribution is -0.133. The maximum atomic E-state index is 12.4. The van der Waals surface area contributed by atoms with Crippen LogP contribution in [0.25, 0.3) is 10.9 Å². The predicted octanol–water partition coefficient (Wildman–Crippen LogP) is 0.761. The zero-order chi connectivity index (χ0) is 17.8. The Morgan fingerprint density at radius 2 is 2.04 bits per heavy atom. The highest BCUT2D eigenvalue weighted by Crippen LogP contribution is 2.15. The summed E-state index contributed by atoms with van der Waals surface area (Å²) in [5, 5.41) is 8.02. The van der Waals surface area contributed by atoms with Crippen molar-refractivity contribution in [3.05, 3.63) is 30.0 Å². The summed E-state index contributed by atoms with van der Waals surface area (Å²) < 4.78 is 0. The van der Waals surface area contributed by atoms with E-state index in [4.69, 9.17) is 5.73 Å². The molecule has 0 saturated carbocycles. The van der Waals surface area contributed by atoms with Gasteiger partial charge in [0, 0.05) is 50.4 Å². The number of benzene rings is 1. The molecule has 1 aliphatic rings. The van der Waals surface area contributed by atoms with Crippen LogP contribution in [0.5, 0.6) is 0 Å². The molecule has 0 bridgehead atoms. The summed E-state index contributed by atoms with van der Waals surface area (Å²) in [6.07, 6.45) is 3.05. The lowest BCUT2D eigenvalue weighted by atomic mass is 10.1. The van der Waals surface area contributed by atoms with Gasteiger partial charge in [0.15, 0.2) is 0 Å². The number of hydrogen-bond donors (Lipinski definition) is 2. The summed E-state index contributed by atoms with van der Waals surface area (Å²) in [6.45, 7) is 5.53. The Morgan fingerprint density at radius 1 is 1.28 bits per heavy atom. The number of nitrogens with two attached hydrogens (primary N) is 1. The number of nitrogens with zero attached hydrogens (tertiary/aromatic N) is 3. The molecule has 7 heteroatoms. The number of aromatic amines is 1. The van der Waals surface area contributed by atoms with E-state index in [1.54, 1.807) is 6.20 Å². The largest absolute Gasteiger partial charge is 0.369 e. The number of primary amides is 1. The molecule has 2 aromatic rings. The lowest BCUT2D eigenvalue weighted by Crippen LogP contribution is -2.50. The van der Waals surface area contributed by atoms with Crippen molar-refractivity contribution in [1.82, 2.24) is 20.0 Å². The second kappa shape index (κ2) is 7.65. The van der Waals surface area contributed by atoms with Crippen molar-refractivity contribution in [3.63, 3.8) is 0 Å². The summed E-state index contributed by atoms with van der Waals surface area (Å²) in [4.78, 5) is 27.7. The Bertz CT molecular complexity index is 749. The normalized spacial score (nSPS) is 16.9. The van der Waals surface area contributed by atoms with E-state index in [9.17, 15) is 9.59 Å². The first-order valence-corrected chi connectivity index (χ1v) is 8.74. The summed E-state index contributed by atoms with van der Waals surface area (Å²) in [7, 11) is 0. The second-order valence-electron chi connectivity index (χ2n) is 6.78. The van der Waals surface area contributed by atoms with Gasteiger partial charge in [-0.1, -0.05) is 13.0 Å². The summed E-state index contributed by atoms with van der Waals surface area (Å²) in [5.74, 6) is -0.233. The molecular weight excluding hydrogens is 318 g/mol. The zero-order valence-corrected chi connectivity index (χ0v) is 14.6. The maximum Gasteiger partial charge on any atom is 0.222 e. The first kappa shape index (κ1) is 17.4. The third-order valence-corrected chi connectivity index (χ3v) is 4.87. The van der Waals surface area contributed by atoms with Crippen molar-refractivity contribution in [2.24, 2.45) is 11.7 Å². The molecule has 0 spiro atoms. The zero-order valence-electron chi connectivity index (χ0n) is 14.6. The fourth-order valence-corrected chi connectivity index (χ4v) is 3.21. The fourth-order valence-electron chi connectivity index (χ4n) is 3.21. The topological polar surface area (TPSA) is 95.3 Å². The number of rotatable bonds is 6. The van der Waals surface area contributed by atoms with Crippen LogP contribution in [0.4, 0.5) is 0 Å². The first-order valence-electron chi connectivity index (χ1n) is 8.74. The van der Waals surface area contributed by atoms with E-state index in [0.29, 0.717) is 26.1 Å². The number of carbonyl (C=O) groups excluding carboxylic acids is 2. The highest BCUT2D eigenvalue weighted by atomic mass is 16.2. The summed E-state index contributed by atoms with van der Waals surface area (Å²) in [6, 6.07) is 6.12. The number of nitrogens with one attached hydrogen (secondary N) is 1. The highest BCUT2D eigenvalue weighted by Gasteiger charge is 2.23. The third-order valence-electron chi connectivity index (χ3n) is 4.87. The number of aromatic nitrogens is 2. The molecule has 1 aromatic carbocycles. The van der Waals surface area contributed by atoms with Crippen LogP contribution in [0.2, 0.25) is 0 Å². The highest BCUT2D eigenvalue weighted by molar-refractivity contribution is 5.79. The molecule has 3 rings (SSSR count). The van der Waals surface area contributed by atoms with Gasteiger partial charge in [-0.2, -0.15) is 5.10 Å². The molecule has 1 atom stereocenters. The molecule has 0 aliphatic carbocycles. The van der Waals surface area contributed by atoms with E-state index >= 15 is 0 Å². The average molecular weight is 343 g/mol. The van der Waals surface area contributed by atoms with Gasteiger partial charge in [-0.3, -0.25) is 19.6 Å². The number of amides is 2. The molecule has 1 aromatic heterocycles. The smallest absolute Gasteiger partial charge is 0.222 e. The minimum atomic E-state index is -0.270. The van der Waals surface area contributed by atoms with Crippen molar-refractivity contribution in [1.29, 1.82) is 0 Å². The molecule has 1 aliphatic heterocycles. The number of hydrogen-bond acceptors (Lipinski definition) is 4. The number of H-pyrrole nitrogens is 1. The molecular formula is C18H25N5O2. The molecule has 2 heterocycles. The van der Waals surface area contributed by atoms with E-state index < -0.39 is 0 Å². The molecule has 25 heavy (non-hydrogen) atoms. The maximum absolute atomic E-state index is 12.4. The molecule has 3 N–H and O–H groups in total. The van der Waals surface area contributed by atoms with E-state index in [1.807, 2.05) is 24.0 Å². The molecule has 7 nitrogen and oxygen atoms in total. The number of aryl methyl sites for hydroxylation is 1. The lowest BCUT2D eigenvalue weighted by Gasteiger charge is -2.35. The fraction of sp³-hybridized carbons (Fsp3) is 0.500. The minimum Gasteiger partial charge on any atom is -0.369 e. The van der Waals surface area contributed by atoms with E-state index in [2.05, 4.69) is 21.2 Å². The molecule has 0 radical (unpaired) electrons.